The Morgan fingerprint density at radius 2 is 2.24 bits per heavy atom. The van der Waals surface area contributed by atoms with E-state index in [-0.39, 0.29) is 5.78 Å². The van der Waals surface area contributed by atoms with Gasteiger partial charge in [0.1, 0.15) is 11.3 Å². The second-order valence-corrected chi connectivity index (χ2v) is 4.33. The van der Waals surface area contributed by atoms with E-state index in [1.165, 1.54) is 6.20 Å². The van der Waals surface area contributed by atoms with Gasteiger partial charge in [0.15, 0.2) is 5.76 Å². The number of aromatic nitrogens is 2. The van der Waals surface area contributed by atoms with Crippen LogP contribution in [0.5, 0.6) is 0 Å². The lowest BCUT2D eigenvalue weighted by atomic mass is 10.1. The number of nitrogens with zero attached hydrogens (tertiary/aromatic N) is 2. The van der Waals surface area contributed by atoms with Crippen LogP contribution in [0, 0.1) is 6.92 Å². The Morgan fingerprint density at radius 3 is 3.00 bits per heavy atom. The number of aryl methyl sites for hydroxylation is 1. The van der Waals surface area contributed by atoms with Crippen molar-refractivity contribution in [3.05, 3.63) is 47.5 Å². The number of rotatable bonds is 2. The normalized spacial score (nSPS) is 10.9. The molecular formula is C12H8N2O2S. The van der Waals surface area contributed by atoms with E-state index in [0.717, 1.165) is 22.7 Å². The van der Waals surface area contributed by atoms with Gasteiger partial charge in [-0.15, -0.1) is 0 Å². The number of furan rings is 1. The summed E-state index contributed by atoms with van der Waals surface area (Å²) in [7, 11) is 0. The number of fused-ring (bicyclic) bond motifs is 1. The number of carbonyl (C=O) groups excluding carboxylic acids is 1. The topological polar surface area (TPSA) is 56.0 Å². The summed E-state index contributed by atoms with van der Waals surface area (Å²) in [6, 6.07) is 7.53. The molecule has 0 fully saturated rings. The first-order valence-electron chi connectivity index (χ1n) is 5.06. The molecule has 0 spiro atoms. The molecule has 0 atom stereocenters. The van der Waals surface area contributed by atoms with E-state index in [1.807, 2.05) is 25.1 Å². The van der Waals surface area contributed by atoms with Crippen LogP contribution in [0.25, 0.3) is 11.0 Å². The van der Waals surface area contributed by atoms with Crippen molar-refractivity contribution in [1.82, 2.24) is 8.75 Å². The molecule has 0 saturated carbocycles. The Kier molecular flexibility index (Phi) is 2.26. The van der Waals surface area contributed by atoms with Crippen LogP contribution in [-0.2, 0) is 0 Å². The fraction of sp³-hybridized carbons (Fsp3) is 0.0833. The SMILES string of the molecule is Cc1ccc2oc(C(=O)c3cnsn3)cc2c1. The van der Waals surface area contributed by atoms with Gasteiger partial charge in [-0.1, -0.05) is 11.6 Å². The van der Waals surface area contributed by atoms with Crippen molar-refractivity contribution >= 4 is 28.5 Å². The minimum absolute atomic E-state index is 0.229. The van der Waals surface area contributed by atoms with Crippen LogP contribution in [0.2, 0.25) is 0 Å². The maximum atomic E-state index is 12.0. The van der Waals surface area contributed by atoms with Crippen molar-refractivity contribution in [3.63, 3.8) is 0 Å². The van der Waals surface area contributed by atoms with Crippen molar-refractivity contribution in [3.8, 4) is 0 Å². The van der Waals surface area contributed by atoms with E-state index < -0.39 is 0 Å². The molecule has 0 bridgehead atoms. The van der Waals surface area contributed by atoms with Crippen LogP contribution in [-0.4, -0.2) is 14.5 Å². The molecule has 0 saturated heterocycles. The van der Waals surface area contributed by atoms with Crippen molar-refractivity contribution < 1.29 is 9.21 Å². The summed E-state index contributed by atoms with van der Waals surface area (Å²) in [5, 5.41) is 0.927. The average molecular weight is 244 g/mol. The van der Waals surface area contributed by atoms with Crippen LogP contribution < -0.4 is 0 Å². The van der Waals surface area contributed by atoms with Gasteiger partial charge in [0.05, 0.1) is 17.9 Å². The van der Waals surface area contributed by atoms with Gasteiger partial charge in [0, 0.05) is 5.39 Å². The highest BCUT2D eigenvalue weighted by Crippen LogP contribution is 2.22. The first-order chi connectivity index (χ1) is 8.24. The van der Waals surface area contributed by atoms with Crippen molar-refractivity contribution in [2.75, 3.05) is 0 Å². The predicted octanol–water partition coefficient (Wildman–Crippen LogP) is 2.82. The second-order valence-electron chi connectivity index (χ2n) is 3.77. The van der Waals surface area contributed by atoms with Crippen molar-refractivity contribution in [2.45, 2.75) is 6.92 Å². The molecule has 0 unspecified atom stereocenters. The lowest BCUT2D eigenvalue weighted by molar-refractivity contribution is 0.101. The first-order valence-corrected chi connectivity index (χ1v) is 5.79. The summed E-state index contributed by atoms with van der Waals surface area (Å²) in [6.45, 7) is 2.00. The molecule has 0 amide bonds. The van der Waals surface area contributed by atoms with E-state index in [2.05, 4.69) is 8.75 Å². The molecule has 2 heterocycles. The average Bonchev–Trinajstić information content (AvgIpc) is 2.96. The van der Waals surface area contributed by atoms with Crippen LogP contribution in [0.3, 0.4) is 0 Å². The fourth-order valence-electron chi connectivity index (χ4n) is 1.67. The smallest absolute Gasteiger partial charge is 0.249 e. The molecule has 17 heavy (non-hydrogen) atoms. The molecule has 84 valence electrons. The molecule has 0 radical (unpaired) electrons. The fourth-order valence-corrected chi connectivity index (χ4v) is 2.08. The van der Waals surface area contributed by atoms with E-state index in [4.69, 9.17) is 4.42 Å². The molecule has 3 aromatic rings. The minimum Gasteiger partial charge on any atom is -0.453 e. The van der Waals surface area contributed by atoms with Gasteiger partial charge in [0.25, 0.3) is 0 Å². The molecule has 5 heteroatoms. The van der Waals surface area contributed by atoms with E-state index in [1.54, 1.807) is 6.07 Å². The number of benzene rings is 1. The monoisotopic (exact) mass is 244 g/mol. The number of carbonyl (C=O) groups is 1. The molecule has 1 aromatic carbocycles. The third-order valence-electron chi connectivity index (χ3n) is 2.49. The van der Waals surface area contributed by atoms with Gasteiger partial charge in [-0.25, -0.2) is 0 Å². The van der Waals surface area contributed by atoms with Gasteiger partial charge < -0.3 is 4.42 Å². The maximum absolute atomic E-state index is 12.0. The molecule has 0 aliphatic carbocycles. The molecule has 2 aromatic heterocycles. The van der Waals surface area contributed by atoms with Crippen molar-refractivity contribution in [2.24, 2.45) is 0 Å². The third-order valence-corrected chi connectivity index (χ3v) is 2.97. The highest BCUT2D eigenvalue weighted by molar-refractivity contribution is 6.99. The summed E-state index contributed by atoms with van der Waals surface area (Å²) in [5.41, 5.74) is 2.17. The Hall–Kier alpha value is -2.01. The van der Waals surface area contributed by atoms with E-state index >= 15 is 0 Å². The van der Waals surface area contributed by atoms with Gasteiger partial charge in [-0.05, 0) is 25.1 Å². The summed E-state index contributed by atoms with van der Waals surface area (Å²) in [4.78, 5) is 12.0. The highest BCUT2D eigenvalue weighted by atomic mass is 32.1. The molecule has 4 nitrogen and oxygen atoms in total. The number of ketones is 1. The number of hydrogen-bond acceptors (Lipinski definition) is 5. The maximum Gasteiger partial charge on any atom is 0.249 e. The van der Waals surface area contributed by atoms with Crippen LogP contribution in [0.15, 0.2) is 34.9 Å². The van der Waals surface area contributed by atoms with Gasteiger partial charge in [0.2, 0.25) is 5.78 Å². The van der Waals surface area contributed by atoms with Gasteiger partial charge in [-0.2, -0.15) is 8.75 Å². The molecular weight excluding hydrogens is 236 g/mol. The van der Waals surface area contributed by atoms with Gasteiger partial charge >= 0.3 is 0 Å². The molecule has 0 aliphatic heterocycles. The van der Waals surface area contributed by atoms with Crippen LogP contribution in [0.1, 0.15) is 21.8 Å². The molecule has 3 rings (SSSR count). The van der Waals surface area contributed by atoms with Crippen molar-refractivity contribution in [1.29, 1.82) is 0 Å². The standard InChI is InChI=1S/C12H8N2O2S/c1-7-2-3-10-8(4-7)5-11(16-10)12(15)9-6-13-17-14-9/h2-6H,1H3. The van der Waals surface area contributed by atoms with Crippen LogP contribution >= 0.6 is 11.7 Å². The largest absolute Gasteiger partial charge is 0.453 e. The summed E-state index contributed by atoms with van der Waals surface area (Å²) >= 11 is 1.01. The Balaban J connectivity index is 2.09. The zero-order valence-electron chi connectivity index (χ0n) is 9.01. The summed E-state index contributed by atoms with van der Waals surface area (Å²) in [5.74, 6) is 0.0749. The zero-order chi connectivity index (χ0) is 11.8. The lowest BCUT2D eigenvalue weighted by Crippen LogP contribution is -1.98. The first kappa shape index (κ1) is 10.2. The van der Waals surface area contributed by atoms with Gasteiger partial charge in [-0.3, -0.25) is 4.79 Å². The van der Waals surface area contributed by atoms with E-state index in [9.17, 15) is 4.79 Å². The predicted molar refractivity (Wildman–Crippen MR) is 64.3 cm³/mol. The highest BCUT2D eigenvalue weighted by Gasteiger charge is 2.16. The Morgan fingerprint density at radius 1 is 1.35 bits per heavy atom. The Labute approximate surface area is 101 Å². The number of hydrogen-bond donors (Lipinski definition) is 0. The molecule has 0 aliphatic rings. The summed E-state index contributed by atoms with van der Waals surface area (Å²) < 4.78 is 13.2. The second kappa shape index (κ2) is 3.78. The van der Waals surface area contributed by atoms with E-state index in [0.29, 0.717) is 17.0 Å². The summed E-state index contributed by atoms with van der Waals surface area (Å²) in [6.07, 6.45) is 1.45. The molecule has 0 N–H and O–H groups in total. The third kappa shape index (κ3) is 1.74. The Bertz CT molecular complexity index is 686. The minimum atomic E-state index is -0.229. The zero-order valence-corrected chi connectivity index (χ0v) is 9.82. The quantitative estimate of drug-likeness (QED) is 0.650. The lowest BCUT2D eigenvalue weighted by Gasteiger charge is -1.90. The van der Waals surface area contributed by atoms with Crippen LogP contribution in [0.4, 0.5) is 0 Å².